The lowest BCUT2D eigenvalue weighted by Gasteiger charge is -2.07. The maximum absolute atomic E-state index is 13.0. The Morgan fingerprint density at radius 3 is 2.59 bits per heavy atom. The molecule has 0 bridgehead atoms. The van der Waals surface area contributed by atoms with Crippen molar-refractivity contribution >= 4 is 5.91 Å². The number of rotatable bonds is 5. The van der Waals surface area contributed by atoms with Crippen LogP contribution in [0, 0.1) is 5.82 Å². The summed E-state index contributed by atoms with van der Waals surface area (Å²) >= 11 is 0. The summed E-state index contributed by atoms with van der Waals surface area (Å²) in [6, 6.07) is 7.59. The molecule has 3 heterocycles. The van der Waals surface area contributed by atoms with Crippen LogP contribution in [0.3, 0.4) is 0 Å². The van der Waals surface area contributed by atoms with Gasteiger partial charge in [0, 0.05) is 24.2 Å². The SMILES string of the molecule is O=C(NCc1cnc(-c2ccc(F)cc2)cn1)c1cnc(-n2cccn2)nc1O. The second-order valence-electron chi connectivity index (χ2n) is 5.94. The number of carbonyl (C=O) groups is 1. The van der Waals surface area contributed by atoms with E-state index in [1.807, 2.05) is 0 Å². The zero-order valence-electron chi connectivity index (χ0n) is 14.9. The lowest BCUT2D eigenvalue weighted by molar-refractivity contribution is 0.0946. The largest absolute Gasteiger partial charge is 0.493 e. The van der Waals surface area contributed by atoms with E-state index in [2.05, 4.69) is 30.4 Å². The van der Waals surface area contributed by atoms with E-state index in [4.69, 9.17) is 0 Å². The molecule has 0 atom stereocenters. The molecule has 4 aromatic rings. The van der Waals surface area contributed by atoms with Crippen molar-refractivity contribution in [3.05, 3.63) is 78.4 Å². The number of hydrogen-bond donors (Lipinski definition) is 2. The molecule has 9 nitrogen and oxygen atoms in total. The summed E-state index contributed by atoms with van der Waals surface area (Å²) < 4.78 is 14.4. The van der Waals surface area contributed by atoms with E-state index in [0.29, 0.717) is 11.4 Å². The normalized spacial score (nSPS) is 10.7. The van der Waals surface area contributed by atoms with Gasteiger partial charge in [0.15, 0.2) is 0 Å². The van der Waals surface area contributed by atoms with Gasteiger partial charge in [-0.25, -0.2) is 14.1 Å². The minimum absolute atomic E-state index is 0.0724. The lowest BCUT2D eigenvalue weighted by Crippen LogP contribution is -2.24. The number of benzene rings is 1. The van der Waals surface area contributed by atoms with Crippen LogP contribution in [0.15, 0.2) is 61.3 Å². The van der Waals surface area contributed by atoms with E-state index < -0.39 is 11.8 Å². The predicted molar refractivity (Wildman–Crippen MR) is 99.4 cm³/mol. The Kier molecular flexibility index (Phi) is 4.89. The number of amides is 1. The Bertz CT molecular complexity index is 1130. The van der Waals surface area contributed by atoms with Gasteiger partial charge in [0.25, 0.3) is 11.9 Å². The maximum atomic E-state index is 13.0. The van der Waals surface area contributed by atoms with Crippen molar-refractivity contribution in [2.24, 2.45) is 0 Å². The average Bonchev–Trinajstić information content (AvgIpc) is 3.28. The zero-order valence-corrected chi connectivity index (χ0v) is 14.9. The monoisotopic (exact) mass is 391 g/mol. The van der Waals surface area contributed by atoms with Gasteiger partial charge < -0.3 is 10.4 Å². The van der Waals surface area contributed by atoms with Crippen LogP contribution < -0.4 is 5.32 Å². The smallest absolute Gasteiger partial charge is 0.258 e. The van der Waals surface area contributed by atoms with Crippen LogP contribution in [0.5, 0.6) is 5.88 Å². The molecule has 0 saturated heterocycles. The van der Waals surface area contributed by atoms with Crippen molar-refractivity contribution in [1.82, 2.24) is 35.0 Å². The Labute approximate surface area is 163 Å². The van der Waals surface area contributed by atoms with Gasteiger partial charge >= 0.3 is 0 Å². The minimum Gasteiger partial charge on any atom is -0.493 e. The molecular formula is C19H14FN7O2. The zero-order chi connectivity index (χ0) is 20.2. The highest BCUT2D eigenvalue weighted by Crippen LogP contribution is 2.17. The summed E-state index contributed by atoms with van der Waals surface area (Å²) in [6.07, 6.45) is 7.43. The van der Waals surface area contributed by atoms with Crippen LogP contribution in [-0.4, -0.2) is 40.7 Å². The molecule has 0 saturated carbocycles. The molecule has 0 fully saturated rings. The number of nitrogens with zero attached hydrogens (tertiary/aromatic N) is 6. The van der Waals surface area contributed by atoms with Gasteiger partial charge in [-0.1, -0.05) is 0 Å². The highest BCUT2D eigenvalue weighted by Gasteiger charge is 2.15. The van der Waals surface area contributed by atoms with Crippen LogP contribution in [0.4, 0.5) is 4.39 Å². The van der Waals surface area contributed by atoms with Crippen molar-refractivity contribution in [1.29, 1.82) is 0 Å². The highest BCUT2D eigenvalue weighted by molar-refractivity contribution is 5.95. The number of hydrogen-bond acceptors (Lipinski definition) is 7. The first-order valence-electron chi connectivity index (χ1n) is 8.51. The van der Waals surface area contributed by atoms with E-state index in [1.165, 1.54) is 35.4 Å². The predicted octanol–water partition coefficient (Wildman–Crippen LogP) is 1.89. The standard InChI is InChI=1S/C19H14FN7O2/c20-13-4-2-12(3-5-13)16-11-21-14(8-22-16)9-23-17(28)15-10-24-19(26-18(15)29)27-7-1-6-25-27/h1-8,10-11H,9H2,(H,23,28)(H,24,26,29). The molecule has 144 valence electrons. The second kappa shape index (κ2) is 7.80. The molecule has 0 aliphatic heterocycles. The van der Waals surface area contributed by atoms with E-state index in [9.17, 15) is 14.3 Å². The van der Waals surface area contributed by atoms with Crippen molar-refractivity contribution in [2.75, 3.05) is 0 Å². The topological polar surface area (TPSA) is 119 Å². The molecule has 0 unspecified atom stereocenters. The summed E-state index contributed by atoms with van der Waals surface area (Å²) in [4.78, 5) is 28.7. The molecule has 0 spiro atoms. The van der Waals surface area contributed by atoms with Gasteiger partial charge in [0.05, 0.1) is 30.3 Å². The van der Waals surface area contributed by atoms with Crippen LogP contribution in [0.1, 0.15) is 16.1 Å². The van der Waals surface area contributed by atoms with Crippen molar-refractivity contribution < 1.29 is 14.3 Å². The maximum Gasteiger partial charge on any atom is 0.258 e. The van der Waals surface area contributed by atoms with Crippen molar-refractivity contribution in [3.63, 3.8) is 0 Å². The number of carbonyl (C=O) groups excluding carboxylic acids is 1. The fourth-order valence-corrected chi connectivity index (χ4v) is 2.50. The van der Waals surface area contributed by atoms with Crippen LogP contribution in [-0.2, 0) is 6.54 Å². The molecule has 29 heavy (non-hydrogen) atoms. The number of nitrogens with one attached hydrogen (secondary N) is 1. The Morgan fingerprint density at radius 1 is 1.10 bits per heavy atom. The fraction of sp³-hybridized carbons (Fsp3) is 0.0526. The Balaban J connectivity index is 1.41. The van der Waals surface area contributed by atoms with Gasteiger partial charge in [-0.15, -0.1) is 0 Å². The molecule has 0 aliphatic carbocycles. The first-order valence-corrected chi connectivity index (χ1v) is 8.51. The fourth-order valence-electron chi connectivity index (χ4n) is 2.50. The number of aromatic hydroxyl groups is 1. The molecule has 3 aromatic heterocycles. The first kappa shape index (κ1) is 18.2. The summed E-state index contributed by atoms with van der Waals surface area (Å²) in [7, 11) is 0. The molecule has 0 aliphatic rings. The average molecular weight is 391 g/mol. The number of halogens is 1. The van der Waals surface area contributed by atoms with Gasteiger partial charge in [-0.05, 0) is 30.3 Å². The van der Waals surface area contributed by atoms with Gasteiger partial charge in [-0.3, -0.25) is 14.8 Å². The third-order valence-corrected chi connectivity index (χ3v) is 3.99. The summed E-state index contributed by atoms with van der Waals surface area (Å²) in [6.45, 7) is 0.0931. The van der Waals surface area contributed by atoms with Crippen molar-refractivity contribution in [3.8, 4) is 23.1 Å². The van der Waals surface area contributed by atoms with E-state index in [1.54, 1.807) is 30.6 Å². The second-order valence-corrected chi connectivity index (χ2v) is 5.94. The minimum atomic E-state index is -0.557. The highest BCUT2D eigenvalue weighted by atomic mass is 19.1. The Morgan fingerprint density at radius 2 is 1.93 bits per heavy atom. The van der Waals surface area contributed by atoms with Crippen molar-refractivity contribution in [2.45, 2.75) is 6.54 Å². The van der Waals surface area contributed by atoms with Gasteiger partial charge in [-0.2, -0.15) is 10.1 Å². The van der Waals surface area contributed by atoms with Crippen LogP contribution in [0.25, 0.3) is 17.2 Å². The molecule has 2 N–H and O–H groups in total. The molecule has 10 heteroatoms. The molecular weight excluding hydrogens is 377 g/mol. The van der Waals surface area contributed by atoms with Gasteiger partial charge in [0.2, 0.25) is 5.88 Å². The van der Waals surface area contributed by atoms with E-state index in [-0.39, 0.29) is 23.9 Å². The van der Waals surface area contributed by atoms with E-state index in [0.717, 1.165) is 5.56 Å². The third kappa shape index (κ3) is 4.05. The summed E-state index contributed by atoms with van der Waals surface area (Å²) in [5.41, 5.74) is 1.75. The molecule has 1 amide bonds. The third-order valence-electron chi connectivity index (χ3n) is 3.99. The van der Waals surface area contributed by atoms with Gasteiger partial charge in [0.1, 0.15) is 11.4 Å². The Hall–Kier alpha value is -4.21. The molecule has 4 rings (SSSR count). The number of aromatic nitrogens is 6. The van der Waals surface area contributed by atoms with E-state index >= 15 is 0 Å². The molecule has 0 radical (unpaired) electrons. The summed E-state index contributed by atoms with van der Waals surface area (Å²) in [5, 5.41) is 16.6. The first-order chi connectivity index (χ1) is 14.1. The lowest BCUT2D eigenvalue weighted by atomic mass is 10.1. The summed E-state index contributed by atoms with van der Waals surface area (Å²) in [5.74, 6) is -1.20. The molecule has 1 aromatic carbocycles. The van der Waals surface area contributed by atoms with Crippen LogP contribution in [0.2, 0.25) is 0 Å². The quantitative estimate of drug-likeness (QED) is 0.533. The van der Waals surface area contributed by atoms with Crippen LogP contribution >= 0.6 is 0 Å².